The molecule has 0 radical (unpaired) electrons. The zero-order valence-corrected chi connectivity index (χ0v) is 18.9. The van der Waals surface area contributed by atoms with Crippen molar-refractivity contribution in [3.8, 4) is 16.9 Å². The van der Waals surface area contributed by atoms with Crippen LogP contribution >= 0.6 is 0 Å². The van der Waals surface area contributed by atoms with Crippen molar-refractivity contribution in [2.75, 3.05) is 13.7 Å². The number of amides is 2. The van der Waals surface area contributed by atoms with Crippen LogP contribution in [0.4, 0.5) is 13.2 Å². The number of nitrogens with one attached hydrogen (secondary N) is 1. The molecule has 0 bridgehead atoms. The molecule has 174 valence electrons. The van der Waals surface area contributed by atoms with Crippen LogP contribution in [0.2, 0.25) is 0 Å². The molecule has 2 aromatic rings. The Labute approximate surface area is 186 Å². The zero-order valence-electron chi connectivity index (χ0n) is 18.9. The maximum Gasteiger partial charge on any atom is 0.416 e. The number of halogens is 3. The molecule has 0 aromatic heterocycles. The van der Waals surface area contributed by atoms with Gasteiger partial charge >= 0.3 is 18.0 Å². The molecule has 2 amide bonds. The van der Waals surface area contributed by atoms with Crippen molar-refractivity contribution in [2.45, 2.75) is 52.4 Å². The predicted molar refractivity (Wildman–Crippen MR) is 117 cm³/mol. The van der Waals surface area contributed by atoms with Crippen LogP contribution in [0.25, 0.3) is 11.1 Å². The van der Waals surface area contributed by atoms with Gasteiger partial charge in [-0.15, -0.1) is 0 Å². The van der Waals surface area contributed by atoms with Crippen molar-refractivity contribution in [3.05, 3.63) is 53.6 Å². The summed E-state index contributed by atoms with van der Waals surface area (Å²) in [5, 5.41) is 2.62. The van der Waals surface area contributed by atoms with Crippen molar-refractivity contribution in [2.24, 2.45) is 0 Å². The lowest BCUT2D eigenvalue weighted by molar-refractivity contribution is -0.148. The van der Waals surface area contributed by atoms with E-state index in [9.17, 15) is 22.8 Å². The third-order valence-corrected chi connectivity index (χ3v) is 5.03. The van der Waals surface area contributed by atoms with Gasteiger partial charge in [0, 0.05) is 18.6 Å². The molecule has 0 aliphatic heterocycles. The maximum absolute atomic E-state index is 13.1. The summed E-state index contributed by atoms with van der Waals surface area (Å²) in [6.45, 7) is 7.49. The topological polar surface area (TPSA) is 58.6 Å². The minimum Gasteiger partial charge on any atom is -0.497 e. The highest BCUT2D eigenvalue weighted by Gasteiger charge is 2.30. The van der Waals surface area contributed by atoms with Crippen LogP contribution in [-0.4, -0.2) is 42.5 Å². The maximum atomic E-state index is 13.1. The lowest BCUT2D eigenvalue weighted by atomic mass is 9.96. The van der Waals surface area contributed by atoms with Gasteiger partial charge in [-0.1, -0.05) is 18.2 Å². The Hall–Kier alpha value is -3.03. The molecule has 0 aliphatic rings. The number of nitrogens with zero attached hydrogens (tertiary/aromatic N) is 1. The van der Waals surface area contributed by atoms with Gasteiger partial charge in [0.25, 0.3) is 0 Å². The molecule has 8 heteroatoms. The fraction of sp³-hybridized carbons (Fsp3) is 0.417. The minimum absolute atomic E-state index is 0.126. The number of methoxy groups -OCH3 is 1. The van der Waals surface area contributed by atoms with Crippen molar-refractivity contribution < 1.29 is 27.5 Å². The summed E-state index contributed by atoms with van der Waals surface area (Å²) in [5.41, 5.74) is 0.966. The molecule has 1 N–H and O–H groups in total. The highest BCUT2D eigenvalue weighted by Crippen LogP contribution is 2.34. The molecule has 0 fully saturated rings. The third-order valence-electron chi connectivity index (χ3n) is 5.03. The van der Waals surface area contributed by atoms with E-state index in [1.54, 1.807) is 24.3 Å². The number of hydrogen-bond donors (Lipinski definition) is 1. The second kappa shape index (κ2) is 10.5. The van der Waals surface area contributed by atoms with E-state index in [-0.39, 0.29) is 18.6 Å². The zero-order chi connectivity index (χ0) is 24.1. The Morgan fingerprint density at radius 3 is 2.25 bits per heavy atom. The number of ether oxygens (including phenoxy) is 1. The Balaban J connectivity index is 2.22. The van der Waals surface area contributed by atoms with Gasteiger partial charge in [0.2, 0.25) is 0 Å². The summed E-state index contributed by atoms with van der Waals surface area (Å²) in [5.74, 6) is -0.779. The van der Waals surface area contributed by atoms with E-state index in [1.807, 2.05) is 27.7 Å². The van der Waals surface area contributed by atoms with E-state index in [1.165, 1.54) is 18.1 Å². The van der Waals surface area contributed by atoms with E-state index in [0.717, 1.165) is 12.1 Å². The second-order valence-corrected chi connectivity index (χ2v) is 8.01. The van der Waals surface area contributed by atoms with E-state index < -0.39 is 23.6 Å². The molecule has 5 nitrogen and oxygen atoms in total. The standard InChI is InChI=1S/C24H29F3N2O3/c1-15(2)29(16(3)4)23(31)22(30)28-12-11-18-14-20(32-5)9-10-21(18)17-7-6-8-19(13-17)24(25,26)27/h6-10,13-16H,11-12H2,1-5H3,(H,28,30). The Bertz CT molecular complexity index is 948. The highest BCUT2D eigenvalue weighted by molar-refractivity contribution is 6.35. The van der Waals surface area contributed by atoms with Gasteiger partial charge in [-0.3, -0.25) is 9.59 Å². The summed E-state index contributed by atoms with van der Waals surface area (Å²) in [6, 6.07) is 9.91. The SMILES string of the molecule is COc1ccc(-c2cccc(C(F)(F)F)c2)c(CCNC(=O)C(=O)N(C(C)C)C(C)C)c1. The number of alkyl halides is 3. The Kier molecular flexibility index (Phi) is 8.30. The third kappa shape index (κ3) is 6.24. The van der Waals surface area contributed by atoms with Gasteiger partial charge in [-0.2, -0.15) is 13.2 Å². The molecule has 0 atom stereocenters. The van der Waals surface area contributed by atoms with Crippen molar-refractivity contribution >= 4 is 11.8 Å². The van der Waals surface area contributed by atoms with Crippen LogP contribution in [0.1, 0.15) is 38.8 Å². The van der Waals surface area contributed by atoms with Crippen molar-refractivity contribution in [1.29, 1.82) is 0 Å². The normalized spacial score (nSPS) is 11.6. The Morgan fingerprint density at radius 1 is 1.03 bits per heavy atom. The van der Waals surface area contributed by atoms with E-state index in [0.29, 0.717) is 28.9 Å². The summed E-state index contributed by atoms with van der Waals surface area (Å²) in [6.07, 6.45) is -4.14. The smallest absolute Gasteiger partial charge is 0.416 e. The van der Waals surface area contributed by atoms with Crippen LogP contribution in [0.3, 0.4) is 0 Å². The molecule has 0 spiro atoms. The van der Waals surface area contributed by atoms with E-state index >= 15 is 0 Å². The van der Waals surface area contributed by atoms with Crippen LogP contribution in [0, 0.1) is 0 Å². The minimum atomic E-state index is -4.45. The van der Waals surface area contributed by atoms with Gasteiger partial charge < -0.3 is 15.0 Å². The first-order chi connectivity index (χ1) is 15.0. The summed E-state index contributed by atoms with van der Waals surface area (Å²) >= 11 is 0. The number of carbonyl (C=O) groups excluding carboxylic acids is 2. The first-order valence-corrected chi connectivity index (χ1v) is 10.4. The fourth-order valence-corrected chi connectivity index (χ4v) is 3.62. The van der Waals surface area contributed by atoms with Crippen molar-refractivity contribution in [1.82, 2.24) is 10.2 Å². The molecule has 0 heterocycles. The fourth-order valence-electron chi connectivity index (χ4n) is 3.62. The van der Waals surface area contributed by atoms with E-state index in [4.69, 9.17) is 4.74 Å². The molecule has 0 unspecified atom stereocenters. The largest absolute Gasteiger partial charge is 0.497 e. The van der Waals surface area contributed by atoms with Gasteiger partial charge in [0.05, 0.1) is 12.7 Å². The molecule has 0 saturated carbocycles. The van der Waals surface area contributed by atoms with Crippen LogP contribution < -0.4 is 10.1 Å². The number of hydrogen-bond acceptors (Lipinski definition) is 3. The molecule has 2 aromatic carbocycles. The number of carbonyl (C=O) groups is 2. The number of benzene rings is 2. The Morgan fingerprint density at radius 2 is 1.69 bits per heavy atom. The molecule has 32 heavy (non-hydrogen) atoms. The van der Waals surface area contributed by atoms with Crippen LogP contribution in [-0.2, 0) is 22.2 Å². The molecule has 0 aliphatic carbocycles. The summed E-state index contributed by atoms with van der Waals surface area (Å²) < 4.78 is 44.7. The van der Waals surface area contributed by atoms with Crippen molar-refractivity contribution in [3.63, 3.8) is 0 Å². The molecule has 0 saturated heterocycles. The van der Waals surface area contributed by atoms with E-state index in [2.05, 4.69) is 5.32 Å². The van der Waals surface area contributed by atoms with Gasteiger partial charge in [-0.25, -0.2) is 0 Å². The lowest BCUT2D eigenvalue weighted by Crippen LogP contribution is -2.49. The molecular formula is C24H29F3N2O3. The first kappa shape index (κ1) is 25.2. The number of rotatable bonds is 7. The first-order valence-electron chi connectivity index (χ1n) is 10.4. The second-order valence-electron chi connectivity index (χ2n) is 8.01. The van der Waals surface area contributed by atoms with Gasteiger partial charge in [0.1, 0.15) is 5.75 Å². The molecular weight excluding hydrogens is 421 g/mol. The molecule has 2 rings (SSSR count). The predicted octanol–water partition coefficient (Wildman–Crippen LogP) is 4.69. The quantitative estimate of drug-likeness (QED) is 0.623. The van der Waals surface area contributed by atoms with Crippen LogP contribution in [0.5, 0.6) is 5.75 Å². The van der Waals surface area contributed by atoms with Gasteiger partial charge in [-0.05, 0) is 75.1 Å². The summed E-state index contributed by atoms with van der Waals surface area (Å²) in [7, 11) is 1.50. The van der Waals surface area contributed by atoms with Gasteiger partial charge in [0.15, 0.2) is 0 Å². The highest BCUT2D eigenvalue weighted by atomic mass is 19.4. The summed E-state index contributed by atoms with van der Waals surface area (Å²) in [4.78, 5) is 26.3. The monoisotopic (exact) mass is 450 g/mol. The lowest BCUT2D eigenvalue weighted by Gasteiger charge is -2.30. The average Bonchev–Trinajstić information content (AvgIpc) is 2.72. The average molecular weight is 451 g/mol. The van der Waals surface area contributed by atoms with Crippen LogP contribution in [0.15, 0.2) is 42.5 Å².